The van der Waals surface area contributed by atoms with Gasteiger partial charge in [-0.25, -0.2) is 4.79 Å². The van der Waals surface area contributed by atoms with E-state index in [4.69, 9.17) is 10.5 Å². The van der Waals surface area contributed by atoms with Gasteiger partial charge in [0.25, 0.3) is 0 Å². The van der Waals surface area contributed by atoms with Crippen molar-refractivity contribution in [3.05, 3.63) is 0 Å². The van der Waals surface area contributed by atoms with Crippen molar-refractivity contribution in [2.45, 2.75) is 57.7 Å². The van der Waals surface area contributed by atoms with E-state index in [1.807, 2.05) is 20.8 Å². The maximum absolute atomic E-state index is 11.3. The van der Waals surface area contributed by atoms with Gasteiger partial charge in [0.2, 0.25) is 0 Å². The molecule has 1 rings (SSSR count). The zero-order chi connectivity index (χ0) is 10.8. The van der Waals surface area contributed by atoms with E-state index < -0.39 is 0 Å². The minimum atomic E-state index is -0.336. The van der Waals surface area contributed by atoms with E-state index in [-0.39, 0.29) is 23.8 Å². The van der Waals surface area contributed by atoms with E-state index in [1.165, 1.54) is 0 Å². The first-order chi connectivity index (χ1) is 6.37. The van der Waals surface area contributed by atoms with Gasteiger partial charge >= 0.3 is 6.09 Å². The fourth-order valence-electron chi connectivity index (χ4n) is 1.57. The average molecular weight is 200 g/mol. The maximum Gasteiger partial charge on any atom is 0.407 e. The molecule has 0 unspecified atom stereocenters. The molecule has 1 fully saturated rings. The number of nitrogens with two attached hydrogens (primary N) is 1. The van der Waals surface area contributed by atoms with Crippen LogP contribution in [0.1, 0.15) is 40.0 Å². The number of ether oxygens (including phenoxy) is 1. The molecule has 0 aromatic heterocycles. The van der Waals surface area contributed by atoms with Crippen LogP contribution in [0.25, 0.3) is 0 Å². The first-order valence-electron chi connectivity index (χ1n) is 5.11. The smallest absolute Gasteiger partial charge is 0.407 e. The van der Waals surface area contributed by atoms with Crippen molar-refractivity contribution in [1.82, 2.24) is 5.32 Å². The van der Waals surface area contributed by atoms with Crippen LogP contribution in [0.5, 0.6) is 0 Å². The van der Waals surface area contributed by atoms with Crippen molar-refractivity contribution in [1.29, 1.82) is 0 Å². The van der Waals surface area contributed by atoms with Gasteiger partial charge in [0.1, 0.15) is 6.10 Å². The van der Waals surface area contributed by atoms with Gasteiger partial charge in [0.15, 0.2) is 0 Å². The Morgan fingerprint density at radius 2 is 2.07 bits per heavy atom. The molecule has 2 atom stereocenters. The van der Waals surface area contributed by atoms with E-state index >= 15 is 0 Å². The Balaban J connectivity index is 2.27. The Labute approximate surface area is 85.2 Å². The molecule has 0 heterocycles. The number of carbonyl (C=O) groups is 1. The Kier molecular flexibility index (Phi) is 3.37. The van der Waals surface area contributed by atoms with Crippen LogP contribution in [0, 0.1) is 0 Å². The lowest BCUT2D eigenvalue weighted by atomic mass is 10.1. The topological polar surface area (TPSA) is 64.3 Å². The molecule has 4 heteroatoms. The summed E-state index contributed by atoms with van der Waals surface area (Å²) in [4.78, 5) is 11.3. The van der Waals surface area contributed by atoms with Gasteiger partial charge in [-0.15, -0.1) is 0 Å². The molecular formula is C10H20N2O2. The molecule has 0 radical (unpaired) electrons. The molecule has 82 valence electrons. The number of rotatable bonds is 1. The minimum Gasteiger partial charge on any atom is -0.446 e. The van der Waals surface area contributed by atoms with Gasteiger partial charge in [-0.3, -0.25) is 0 Å². The van der Waals surface area contributed by atoms with E-state index in [0.717, 1.165) is 19.3 Å². The van der Waals surface area contributed by atoms with Gasteiger partial charge < -0.3 is 15.8 Å². The number of carbonyl (C=O) groups excluding carboxylic acids is 1. The number of hydrogen-bond donors (Lipinski definition) is 2. The SMILES string of the molecule is CC(C)(C)NC(=O)O[C@@H]1CC[C@H](N)C1. The van der Waals surface area contributed by atoms with Crippen molar-refractivity contribution < 1.29 is 9.53 Å². The second-order valence-electron chi connectivity index (χ2n) is 4.98. The van der Waals surface area contributed by atoms with Crippen LogP contribution in [0.2, 0.25) is 0 Å². The third-order valence-corrected chi connectivity index (χ3v) is 2.18. The summed E-state index contributed by atoms with van der Waals surface area (Å²) in [5, 5.41) is 2.76. The summed E-state index contributed by atoms with van der Waals surface area (Å²) in [6, 6.07) is 0.197. The largest absolute Gasteiger partial charge is 0.446 e. The average Bonchev–Trinajstić information content (AvgIpc) is 2.30. The molecule has 0 bridgehead atoms. The Morgan fingerprint density at radius 3 is 2.50 bits per heavy atom. The molecule has 0 spiro atoms. The molecule has 1 saturated carbocycles. The summed E-state index contributed by atoms with van der Waals surface area (Å²) < 4.78 is 5.23. The lowest BCUT2D eigenvalue weighted by Crippen LogP contribution is -2.42. The van der Waals surface area contributed by atoms with Crippen LogP contribution >= 0.6 is 0 Å². The molecule has 0 aromatic carbocycles. The van der Waals surface area contributed by atoms with Crippen LogP contribution in [0.4, 0.5) is 4.79 Å². The van der Waals surface area contributed by atoms with Gasteiger partial charge in [-0.1, -0.05) is 0 Å². The summed E-state index contributed by atoms with van der Waals surface area (Å²) in [7, 11) is 0. The fourth-order valence-corrected chi connectivity index (χ4v) is 1.57. The lowest BCUT2D eigenvalue weighted by molar-refractivity contribution is 0.0938. The highest BCUT2D eigenvalue weighted by Gasteiger charge is 2.26. The first-order valence-corrected chi connectivity index (χ1v) is 5.11. The monoisotopic (exact) mass is 200 g/mol. The number of nitrogens with one attached hydrogen (secondary N) is 1. The molecule has 0 aromatic rings. The predicted octanol–water partition coefficient (Wildman–Crippen LogP) is 1.39. The summed E-state index contributed by atoms with van der Waals surface area (Å²) in [6.07, 6.45) is 2.30. The highest BCUT2D eigenvalue weighted by atomic mass is 16.6. The minimum absolute atomic E-state index is 0.00681. The summed E-state index contributed by atoms with van der Waals surface area (Å²) in [6.45, 7) is 5.78. The summed E-state index contributed by atoms with van der Waals surface area (Å²) >= 11 is 0. The number of hydrogen-bond acceptors (Lipinski definition) is 3. The second-order valence-corrected chi connectivity index (χ2v) is 4.98. The van der Waals surface area contributed by atoms with E-state index in [9.17, 15) is 4.79 Å². The fraction of sp³-hybridized carbons (Fsp3) is 0.900. The zero-order valence-electron chi connectivity index (χ0n) is 9.17. The first kappa shape index (κ1) is 11.3. The highest BCUT2D eigenvalue weighted by molar-refractivity contribution is 5.68. The normalized spacial score (nSPS) is 27.4. The van der Waals surface area contributed by atoms with Crippen LogP contribution in [0.3, 0.4) is 0 Å². The van der Waals surface area contributed by atoms with Crippen LogP contribution in [0.15, 0.2) is 0 Å². The van der Waals surface area contributed by atoms with E-state index in [1.54, 1.807) is 0 Å². The van der Waals surface area contributed by atoms with E-state index in [2.05, 4.69) is 5.32 Å². The molecule has 4 nitrogen and oxygen atoms in total. The van der Waals surface area contributed by atoms with Crippen LogP contribution in [-0.2, 0) is 4.74 Å². The van der Waals surface area contributed by atoms with Crippen molar-refractivity contribution in [3.8, 4) is 0 Å². The third-order valence-electron chi connectivity index (χ3n) is 2.18. The Morgan fingerprint density at radius 1 is 1.43 bits per heavy atom. The van der Waals surface area contributed by atoms with E-state index in [0.29, 0.717) is 0 Å². The second kappa shape index (κ2) is 4.17. The maximum atomic E-state index is 11.3. The molecule has 1 aliphatic carbocycles. The quantitative estimate of drug-likeness (QED) is 0.672. The summed E-state index contributed by atoms with van der Waals surface area (Å²) in [5.74, 6) is 0. The molecule has 0 saturated heterocycles. The van der Waals surface area contributed by atoms with Crippen molar-refractivity contribution >= 4 is 6.09 Å². The Hall–Kier alpha value is -0.770. The molecule has 1 amide bonds. The van der Waals surface area contributed by atoms with Crippen LogP contribution < -0.4 is 11.1 Å². The van der Waals surface area contributed by atoms with Crippen LogP contribution in [-0.4, -0.2) is 23.8 Å². The number of alkyl carbamates (subject to hydrolysis) is 1. The molecule has 1 aliphatic rings. The summed E-state index contributed by atoms with van der Waals surface area (Å²) in [5.41, 5.74) is 5.48. The highest BCUT2D eigenvalue weighted by Crippen LogP contribution is 2.20. The predicted molar refractivity (Wildman–Crippen MR) is 55.0 cm³/mol. The molecule has 14 heavy (non-hydrogen) atoms. The zero-order valence-corrected chi connectivity index (χ0v) is 9.17. The van der Waals surface area contributed by atoms with Crippen molar-refractivity contribution in [2.75, 3.05) is 0 Å². The molecule has 0 aliphatic heterocycles. The van der Waals surface area contributed by atoms with Gasteiger partial charge in [-0.2, -0.15) is 0 Å². The Bertz CT molecular complexity index is 211. The van der Waals surface area contributed by atoms with Gasteiger partial charge in [0.05, 0.1) is 0 Å². The third kappa shape index (κ3) is 3.96. The van der Waals surface area contributed by atoms with Crippen molar-refractivity contribution in [2.24, 2.45) is 5.73 Å². The molecular weight excluding hydrogens is 180 g/mol. The number of amides is 1. The molecule has 3 N–H and O–H groups in total. The lowest BCUT2D eigenvalue weighted by Gasteiger charge is -2.21. The van der Waals surface area contributed by atoms with Gasteiger partial charge in [-0.05, 0) is 40.0 Å². The standard InChI is InChI=1S/C10H20N2O2/c1-10(2,3)12-9(13)14-8-5-4-7(11)6-8/h7-8H,4-6,11H2,1-3H3,(H,12,13)/t7-,8+/m0/s1. The van der Waals surface area contributed by atoms with Crippen molar-refractivity contribution in [3.63, 3.8) is 0 Å². The van der Waals surface area contributed by atoms with Gasteiger partial charge in [0, 0.05) is 11.6 Å².